The second kappa shape index (κ2) is 7.01. The van der Waals surface area contributed by atoms with Crippen molar-refractivity contribution in [3.05, 3.63) is 22.1 Å². The summed E-state index contributed by atoms with van der Waals surface area (Å²) in [5.74, 6) is -1.32. The number of carboxylic acids is 1. The monoisotopic (exact) mass is 285 g/mol. The molecule has 0 radical (unpaired) electrons. The SMILES string of the molecule is Cc1c(N[C@@H](C)COC[C@@H](O)C(=O)O)cnn(C)c1=O. The van der Waals surface area contributed by atoms with Gasteiger partial charge in [0.15, 0.2) is 6.10 Å². The summed E-state index contributed by atoms with van der Waals surface area (Å²) in [5.41, 5.74) is 0.951. The summed E-state index contributed by atoms with van der Waals surface area (Å²) < 4.78 is 6.33. The maximum absolute atomic E-state index is 11.7. The van der Waals surface area contributed by atoms with Crippen LogP contribution in [0.2, 0.25) is 0 Å². The molecule has 0 spiro atoms. The third-order valence-electron chi connectivity index (χ3n) is 2.71. The van der Waals surface area contributed by atoms with Gasteiger partial charge in [-0.3, -0.25) is 4.79 Å². The molecule has 8 nitrogen and oxygen atoms in total. The van der Waals surface area contributed by atoms with Crippen LogP contribution in [0.25, 0.3) is 0 Å². The molecule has 112 valence electrons. The summed E-state index contributed by atoms with van der Waals surface area (Å²) in [5, 5.41) is 24.5. The summed E-state index contributed by atoms with van der Waals surface area (Å²) in [6.45, 7) is 3.41. The van der Waals surface area contributed by atoms with Crippen molar-refractivity contribution in [2.45, 2.75) is 26.0 Å². The lowest BCUT2D eigenvalue weighted by Gasteiger charge is -2.17. The number of aromatic nitrogens is 2. The third kappa shape index (κ3) is 4.32. The summed E-state index contributed by atoms with van der Waals surface area (Å²) >= 11 is 0. The molecule has 2 atom stereocenters. The van der Waals surface area contributed by atoms with Gasteiger partial charge >= 0.3 is 5.97 Å². The summed E-state index contributed by atoms with van der Waals surface area (Å²) in [7, 11) is 1.57. The Bertz CT molecular complexity index is 528. The molecular formula is C12H19N3O5. The van der Waals surface area contributed by atoms with Crippen molar-refractivity contribution in [3.8, 4) is 0 Å². The molecule has 0 aromatic carbocycles. The minimum absolute atomic E-state index is 0.163. The van der Waals surface area contributed by atoms with Crippen LogP contribution in [0.15, 0.2) is 11.0 Å². The zero-order valence-electron chi connectivity index (χ0n) is 11.7. The van der Waals surface area contributed by atoms with Crippen LogP contribution in [0, 0.1) is 6.92 Å². The van der Waals surface area contributed by atoms with Crippen molar-refractivity contribution in [2.75, 3.05) is 18.5 Å². The fourth-order valence-electron chi connectivity index (χ4n) is 1.53. The Morgan fingerprint density at radius 1 is 1.55 bits per heavy atom. The van der Waals surface area contributed by atoms with E-state index >= 15 is 0 Å². The summed E-state index contributed by atoms with van der Waals surface area (Å²) in [6, 6.07) is -0.163. The zero-order valence-corrected chi connectivity index (χ0v) is 11.7. The molecule has 0 saturated carbocycles. The van der Waals surface area contributed by atoms with Gasteiger partial charge in [0.25, 0.3) is 5.56 Å². The standard InChI is InChI=1S/C12H19N3O5/c1-7(5-20-6-10(16)12(18)19)14-9-4-13-15(3)11(17)8(9)2/h4,7,10,14,16H,5-6H2,1-3H3,(H,18,19)/t7-,10+/m0/s1. The lowest BCUT2D eigenvalue weighted by atomic mass is 10.2. The first-order valence-electron chi connectivity index (χ1n) is 6.11. The number of hydrogen-bond donors (Lipinski definition) is 3. The minimum atomic E-state index is -1.53. The van der Waals surface area contributed by atoms with E-state index in [1.165, 1.54) is 4.68 Å². The number of nitrogens with one attached hydrogen (secondary N) is 1. The maximum atomic E-state index is 11.7. The largest absolute Gasteiger partial charge is 0.479 e. The molecule has 3 N–H and O–H groups in total. The lowest BCUT2D eigenvalue weighted by molar-refractivity contribution is -0.149. The topological polar surface area (TPSA) is 114 Å². The highest BCUT2D eigenvalue weighted by molar-refractivity contribution is 5.71. The van der Waals surface area contributed by atoms with E-state index in [0.29, 0.717) is 11.3 Å². The lowest BCUT2D eigenvalue weighted by Crippen LogP contribution is -2.30. The Kier molecular flexibility index (Phi) is 5.66. The van der Waals surface area contributed by atoms with Gasteiger partial charge in [0, 0.05) is 18.7 Å². The molecule has 1 aromatic heterocycles. The van der Waals surface area contributed by atoms with E-state index in [1.54, 1.807) is 20.2 Å². The quantitative estimate of drug-likeness (QED) is 0.610. The normalized spacial score (nSPS) is 13.8. The van der Waals surface area contributed by atoms with E-state index in [1.807, 2.05) is 6.92 Å². The summed E-state index contributed by atoms with van der Waals surface area (Å²) in [4.78, 5) is 22.1. The van der Waals surface area contributed by atoms with Gasteiger partial charge in [-0.2, -0.15) is 5.10 Å². The third-order valence-corrected chi connectivity index (χ3v) is 2.71. The molecule has 1 rings (SSSR count). The highest BCUT2D eigenvalue weighted by atomic mass is 16.5. The number of carboxylic acid groups (broad SMARTS) is 1. The second-order valence-corrected chi connectivity index (χ2v) is 4.55. The number of hydrogen-bond acceptors (Lipinski definition) is 6. The first kappa shape index (κ1) is 16.1. The molecule has 1 aromatic rings. The molecule has 0 amide bonds. The molecule has 0 aliphatic rings. The Morgan fingerprint density at radius 2 is 2.20 bits per heavy atom. The van der Waals surface area contributed by atoms with Crippen LogP contribution in [-0.4, -0.2) is 51.3 Å². The molecule has 20 heavy (non-hydrogen) atoms. The van der Waals surface area contributed by atoms with Crippen LogP contribution in [0.1, 0.15) is 12.5 Å². The summed E-state index contributed by atoms with van der Waals surface area (Å²) in [6.07, 6.45) is 0.00824. The zero-order chi connectivity index (χ0) is 15.3. The number of aliphatic hydroxyl groups excluding tert-OH is 1. The molecule has 0 saturated heterocycles. The van der Waals surface area contributed by atoms with Gasteiger partial charge in [0.2, 0.25) is 0 Å². The van der Waals surface area contributed by atoms with Crippen LogP contribution in [-0.2, 0) is 16.6 Å². The van der Waals surface area contributed by atoms with Gasteiger partial charge in [-0.25, -0.2) is 9.48 Å². The minimum Gasteiger partial charge on any atom is -0.479 e. The van der Waals surface area contributed by atoms with Crippen molar-refractivity contribution in [2.24, 2.45) is 7.05 Å². The predicted molar refractivity (Wildman–Crippen MR) is 71.8 cm³/mol. The van der Waals surface area contributed by atoms with E-state index in [0.717, 1.165) is 0 Å². The molecule has 0 aliphatic carbocycles. The van der Waals surface area contributed by atoms with Crippen molar-refractivity contribution in [1.29, 1.82) is 0 Å². The molecule has 0 aliphatic heterocycles. The van der Waals surface area contributed by atoms with Gasteiger partial charge in [0.05, 0.1) is 25.1 Å². The number of carbonyl (C=O) groups is 1. The van der Waals surface area contributed by atoms with E-state index < -0.39 is 12.1 Å². The highest BCUT2D eigenvalue weighted by Gasteiger charge is 2.14. The maximum Gasteiger partial charge on any atom is 0.334 e. The number of aliphatic hydroxyl groups is 1. The van der Waals surface area contributed by atoms with Gasteiger partial charge in [-0.15, -0.1) is 0 Å². The number of ether oxygens (including phenoxy) is 1. The number of rotatable bonds is 7. The Labute approximate surface area is 116 Å². The highest BCUT2D eigenvalue weighted by Crippen LogP contribution is 2.09. The van der Waals surface area contributed by atoms with Gasteiger partial charge in [0.1, 0.15) is 0 Å². The van der Waals surface area contributed by atoms with Crippen LogP contribution in [0.3, 0.4) is 0 Å². The Balaban J connectivity index is 2.51. The Morgan fingerprint density at radius 3 is 2.80 bits per heavy atom. The van der Waals surface area contributed by atoms with E-state index in [-0.39, 0.29) is 24.8 Å². The number of aryl methyl sites for hydroxylation is 1. The van der Waals surface area contributed by atoms with Crippen molar-refractivity contribution in [1.82, 2.24) is 9.78 Å². The second-order valence-electron chi connectivity index (χ2n) is 4.55. The van der Waals surface area contributed by atoms with Crippen LogP contribution < -0.4 is 10.9 Å². The average molecular weight is 285 g/mol. The van der Waals surface area contributed by atoms with E-state index in [9.17, 15) is 9.59 Å². The van der Waals surface area contributed by atoms with Gasteiger partial charge < -0.3 is 20.3 Å². The fourth-order valence-corrected chi connectivity index (χ4v) is 1.53. The molecule has 1 heterocycles. The van der Waals surface area contributed by atoms with Gasteiger partial charge in [-0.1, -0.05) is 0 Å². The van der Waals surface area contributed by atoms with Crippen LogP contribution in [0.5, 0.6) is 0 Å². The van der Waals surface area contributed by atoms with Crippen LogP contribution >= 0.6 is 0 Å². The van der Waals surface area contributed by atoms with E-state index in [4.69, 9.17) is 14.9 Å². The molecular weight excluding hydrogens is 266 g/mol. The molecule has 8 heteroatoms. The van der Waals surface area contributed by atoms with Crippen molar-refractivity contribution < 1.29 is 19.7 Å². The van der Waals surface area contributed by atoms with Crippen molar-refractivity contribution >= 4 is 11.7 Å². The number of nitrogens with zero attached hydrogens (tertiary/aromatic N) is 2. The smallest absolute Gasteiger partial charge is 0.334 e. The first-order valence-corrected chi connectivity index (χ1v) is 6.11. The first-order chi connectivity index (χ1) is 9.32. The fraction of sp³-hybridized carbons (Fsp3) is 0.583. The number of anilines is 1. The van der Waals surface area contributed by atoms with Crippen LogP contribution in [0.4, 0.5) is 5.69 Å². The number of aliphatic carboxylic acids is 1. The Hall–Kier alpha value is -1.93. The van der Waals surface area contributed by atoms with Gasteiger partial charge in [-0.05, 0) is 13.8 Å². The molecule has 0 unspecified atom stereocenters. The average Bonchev–Trinajstić information content (AvgIpc) is 2.39. The molecule has 0 bridgehead atoms. The van der Waals surface area contributed by atoms with Crippen molar-refractivity contribution in [3.63, 3.8) is 0 Å². The van der Waals surface area contributed by atoms with E-state index in [2.05, 4.69) is 10.4 Å². The predicted octanol–water partition coefficient (Wildman–Crippen LogP) is -0.649. The molecule has 0 fully saturated rings.